The first kappa shape index (κ1) is 13.1. The van der Waals surface area contributed by atoms with E-state index < -0.39 is 0 Å². The second kappa shape index (κ2) is 4.88. The number of aromatic nitrogens is 2. The lowest BCUT2D eigenvalue weighted by atomic mass is 10.1. The van der Waals surface area contributed by atoms with Crippen LogP contribution in [0.2, 0.25) is 0 Å². The van der Waals surface area contributed by atoms with Gasteiger partial charge in [-0.3, -0.25) is 4.99 Å². The molecule has 16 heavy (non-hydrogen) atoms. The second-order valence-electron chi connectivity index (χ2n) is 4.92. The Morgan fingerprint density at radius 1 is 1.44 bits per heavy atom. The highest BCUT2D eigenvalue weighted by molar-refractivity contribution is 7.08. The summed E-state index contributed by atoms with van der Waals surface area (Å²) in [5.74, 6) is 6.48. The average Bonchev–Trinajstić information content (AvgIpc) is 2.60. The molecule has 6 heteroatoms. The molecule has 0 radical (unpaired) electrons. The molecule has 1 rings (SSSR count). The van der Waals surface area contributed by atoms with Crippen LogP contribution in [0.15, 0.2) is 4.99 Å². The standard InChI is InChI=1S/C10H19N5S/c1-6(2)7-8(16-15-14-7)9(13-11)12-10(3,4)5/h6H,11H2,1-5H3,(H,12,13). The Hall–Kier alpha value is -1.01. The van der Waals surface area contributed by atoms with Gasteiger partial charge in [0.05, 0.1) is 11.2 Å². The fraction of sp³-hybridized carbons (Fsp3) is 0.700. The highest BCUT2D eigenvalue weighted by Gasteiger charge is 2.18. The van der Waals surface area contributed by atoms with Crippen molar-refractivity contribution in [3.8, 4) is 0 Å². The predicted molar refractivity (Wildman–Crippen MR) is 67.6 cm³/mol. The zero-order chi connectivity index (χ0) is 12.3. The van der Waals surface area contributed by atoms with Crippen molar-refractivity contribution in [2.45, 2.75) is 46.1 Å². The van der Waals surface area contributed by atoms with Crippen molar-refractivity contribution >= 4 is 17.4 Å². The molecule has 1 aromatic heterocycles. The Balaban J connectivity index is 3.14. The summed E-state index contributed by atoms with van der Waals surface area (Å²) < 4.78 is 3.96. The lowest BCUT2D eigenvalue weighted by molar-refractivity contribution is 0.580. The van der Waals surface area contributed by atoms with E-state index in [1.807, 2.05) is 20.8 Å². The van der Waals surface area contributed by atoms with Crippen LogP contribution in [0, 0.1) is 0 Å². The van der Waals surface area contributed by atoms with Gasteiger partial charge in [0.25, 0.3) is 0 Å². The van der Waals surface area contributed by atoms with Gasteiger partial charge in [-0.05, 0) is 38.2 Å². The van der Waals surface area contributed by atoms with Gasteiger partial charge in [-0.15, -0.1) is 5.10 Å². The Bertz CT molecular complexity index is 375. The molecule has 0 fully saturated rings. The summed E-state index contributed by atoms with van der Waals surface area (Å²) in [7, 11) is 0. The molecule has 5 nitrogen and oxygen atoms in total. The highest BCUT2D eigenvalue weighted by Crippen LogP contribution is 2.21. The molecule has 90 valence electrons. The number of amidine groups is 1. The quantitative estimate of drug-likeness (QED) is 0.357. The van der Waals surface area contributed by atoms with Crippen LogP contribution < -0.4 is 11.3 Å². The van der Waals surface area contributed by atoms with Crippen molar-refractivity contribution in [3.63, 3.8) is 0 Å². The molecule has 0 aliphatic carbocycles. The van der Waals surface area contributed by atoms with E-state index in [-0.39, 0.29) is 5.54 Å². The van der Waals surface area contributed by atoms with Crippen molar-refractivity contribution in [1.29, 1.82) is 0 Å². The minimum Gasteiger partial charge on any atom is -0.307 e. The molecular weight excluding hydrogens is 222 g/mol. The molecule has 0 saturated heterocycles. The third kappa shape index (κ3) is 3.24. The van der Waals surface area contributed by atoms with Crippen LogP contribution in [0.5, 0.6) is 0 Å². The fourth-order valence-corrected chi connectivity index (χ4v) is 2.00. The van der Waals surface area contributed by atoms with Crippen LogP contribution in [0.4, 0.5) is 0 Å². The van der Waals surface area contributed by atoms with Crippen molar-refractivity contribution in [2.75, 3.05) is 0 Å². The summed E-state index contributed by atoms with van der Waals surface area (Å²) in [6.07, 6.45) is 0. The summed E-state index contributed by atoms with van der Waals surface area (Å²) in [5.41, 5.74) is 3.39. The van der Waals surface area contributed by atoms with Gasteiger partial charge in [-0.2, -0.15) is 0 Å². The molecule has 0 unspecified atom stereocenters. The smallest absolute Gasteiger partial charge is 0.156 e. The lowest BCUT2D eigenvalue weighted by Gasteiger charge is -2.15. The average molecular weight is 241 g/mol. The van der Waals surface area contributed by atoms with Gasteiger partial charge in [0, 0.05) is 0 Å². The molecule has 0 amide bonds. The summed E-state index contributed by atoms with van der Waals surface area (Å²) >= 11 is 1.32. The Morgan fingerprint density at radius 3 is 2.50 bits per heavy atom. The molecule has 0 aromatic carbocycles. The molecule has 1 heterocycles. The maximum atomic E-state index is 5.51. The minimum absolute atomic E-state index is 0.181. The normalized spacial score (nSPS) is 13.3. The van der Waals surface area contributed by atoms with Gasteiger partial charge in [0.15, 0.2) is 5.84 Å². The zero-order valence-corrected chi connectivity index (χ0v) is 11.2. The highest BCUT2D eigenvalue weighted by atomic mass is 32.1. The van der Waals surface area contributed by atoms with Gasteiger partial charge in [-0.1, -0.05) is 18.3 Å². The minimum atomic E-state index is -0.181. The summed E-state index contributed by atoms with van der Waals surface area (Å²) in [6.45, 7) is 10.2. The van der Waals surface area contributed by atoms with E-state index in [1.54, 1.807) is 0 Å². The van der Waals surface area contributed by atoms with Gasteiger partial charge < -0.3 is 5.43 Å². The molecule has 0 bridgehead atoms. The first-order valence-electron chi connectivity index (χ1n) is 5.24. The summed E-state index contributed by atoms with van der Waals surface area (Å²) in [4.78, 5) is 5.45. The van der Waals surface area contributed by atoms with Gasteiger partial charge in [-0.25, -0.2) is 5.84 Å². The number of hydrogen-bond acceptors (Lipinski definition) is 5. The number of nitrogens with two attached hydrogens (primary N) is 1. The molecule has 0 aliphatic rings. The number of hydrazine groups is 1. The van der Waals surface area contributed by atoms with E-state index in [0.717, 1.165) is 10.6 Å². The fourth-order valence-electron chi connectivity index (χ4n) is 1.22. The van der Waals surface area contributed by atoms with Gasteiger partial charge >= 0.3 is 0 Å². The molecule has 0 saturated carbocycles. The Kier molecular flexibility index (Phi) is 3.98. The lowest BCUT2D eigenvalue weighted by Crippen LogP contribution is -2.33. The third-order valence-electron chi connectivity index (χ3n) is 1.86. The van der Waals surface area contributed by atoms with Crippen molar-refractivity contribution < 1.29 is 0 Å². The Labute approximate surface area is 100 Å². The van der Waals surface area contributed by atoms with Gasteiger partial charge in [0.1, 0.15) is 4.88 Å². The van der Waals surface area contributed by atoms with E-state index in [1.165, 1.54) is 11.5 Å². The number of hydrogen-bond donors (Lipinski definition) is 2. The molecule has 1 aromatic rings. The predicted octanol–water partition coefficient (Wildman–Crippen LogP) is 1.67. The topological polar surface area (TPSA) is 76.2 Å². The number of nitrogens with zero attached hydrogens (tertiary/aromatic N) is 3. The second-order valence-corrected chi connectivity index (χ2v) is 5.67. The molecular formula is C10H19N5S. The molecule has 3 N–H and O–H groups in total. The summed E-state index contributed by atoms with van der Waals surface area (Å²) in [6, 6.07) is 0. The number of aliphatic imine (C=N–C) groups is 1. The van der Waals surface area contributed by atoms with Crippen LogP contribution in [0.3, 0.4) is 0 Å². The first-order valence-corrected chi connectivity index (χ1v) is 6.01. The van der Waals surface area contributed by atoms with Crippen molar-refractivity contribution in [3.05, 3.63) is 10.6 Å². The van der Waals surface area contributed by atoms with Crippen LogP contribution in [-0.4, -0.2) is 21.0 Å². The van der Waals surface area contributed by atoms with Crippen LogP contribution in [-0.2, 0) is 0 Å². The zero-order valence-electron chi connectivity index (χ0n) is 10.4. The largest absolute Gasteiger partial charge is 0.307 e. The van der Waals surface area contributed by atoms with Crippen LogP contribution in [0.25, 0.3) is 0 Å². The molecule has 0 spiro atoms. The number of rotatable bonds is 2. The van der Waals surface area contributed by atoms with E-state index in [9.17, 15) is 0 Å². The maximum Gasteiger partial charge on any atom is 0.156 e. The van der Waals surface area contributed by atoms with E-state index in [4.69, 9.17) is 5.84 Å². The van der Waals surface area contributed by atoms with E-state index in [2.05, 4.69) is 33.9 Å². The molecule has 0 aliphatic heterocycles. The van der Waals surface area contributed by atoms with Gasteiger partial charge in [0.2, 0.25) is 0 Å². The number of nitrogens with one attached hydrogen (secondary N) is 1. The first-order chi connectivity index (χ1) is 7.35. The van der Waals surface area contributed by atoms with E-state index in [0.29, 0.717) is 11.8 Å². The monoisotopic (exact) mass is 241 g/mol. The van der Waals surface area contributed by atoms with Crippen LogP contribution in [0.1, 0.15) is 51.1 Å². The van der Waals surface area contributed by atoms with E-state index >= 15 is 0 Å². The summed E-state index contributed by atoms with van der Waals surface area (Å²) in [5, 5.41) is 4.11. The van der Waals surface area contributed by atoms with Crippen molar-refractivity contribution in [1.82, 2.24) is 15.0 Å². The SMILES string of the molecule is CC(C)c1nnsc1C(=NC(C)(C)C)NN. The molecule has 0 atom stereocenters. The van der Waals surface area contributed by atoms with Crippen LogP contribution >= 0.6 is 11.5 Å². The maximum absolute atomic E-state index is 5.51. The third-order valence-corrected chi connectivity index (χ3v) is 2.61. The Morgan fingerprint density at radius 2 is 2.06 bits per heavy atom. The van der Waals surface area contributed by atoms with Crippen molar-refractivity contribution in [2.24, 2.45) is 10.8 Å².